The van der Waals surface area contributed by atoms with E-state index in [0.29, 0.717) is 0 Å². The minimum absolute atomic E-state index is 0.0949. The second-order valence-electron chi connectivity index (χ2n) is 10.5. The molecule has 0 aromatic heterocycles. The standard InChI is InChI=1S/C30H46NO2P/c1-21(2)31(34-32-15-13-11-9-10-12-14-16-33-34)30(28-24(5)17-22(3)18-25(28)6)29-26(7)19-23(4)20-27(29)8/h17-21,30H,9-16H2,1-8H3. The zero-order chi connectivity index (χ0) is 24.8. The summed E-state index contributed by atoms with van der Waals surface area (Å²) in [6.07, 6.45) is 7.35. The molecule has 0 saturated carbocycles. The molecule has 1 aliphatic heterocycles. The van der Waals surface area contributed by atoms with Gasteiger partial charge in [0.1, 0.15) is 0 Å². The molecule has 1 heterocycles. The zero-order valence-corrected chi connectivity index (χ0v) is 23.7. The normalized spacial score (nSPS) is 16.9. The quantitative estimate of drug-likeness (QED) is 0.396. The van der Waals surface area contributed by atoms with Gasteiger partial charge in [-0.15, -0.1) is 0 Å². The molecule has 0 aliphatic carbocycles. The van der Waals surface area contributed by atoms with Gasteiger partial charge in [-0.05, 0) is 102 Å². The van der Waals surface area contributed by atoms with Crippen molar-refractivity contribution in [3.63, 3.8) is 0 Å². The highest BCUT2D eigenvalue weighted by Crippen LogP contribution is 2.53. The van der Waals surface area contributed by atoms with Crippen LogP contribution in [0.3, 0.4) is 0 Å². The van der Waals surface area contributed by atoms with E-state index in [0.717, 1.165) is 26.1 Å². The molecular weight excluding hydrogens is 437 g/mol. The summed E-state index contributed by atoms with van der Waals surface area (Å²) >= 11 is 0. The van der Waals surface area contributed by atoms with E-state index < -0.39 is 8.53 Å². The predicted molar refractivity (Wildman–Crippen MR) is 147 cm³/mol. The van der Waals surface area contributed by atoms with Gasteiger partial charge < -0.3 is 9.05 Å². The molecule has 4 heteroatoms. The smallest absolute Gasteiger partial charge is 0.259 e. The first-order valence-corrected chi connectivity index (χ1v) is 14.3. The Morgan fingerprint density at radius 3 is 1.32 bits per heavy atom. The minimum atomic E-state index is -1.18. The molecule has 188 valence electrons. The van der Waals surface area contributed by atoms with Crippen LogP contribution in [-0.4, -0.2) is 23.9 Å². The van der Waals surface area contributed by atoms with Crippen molar-refractivity contribution in [3.8, 4) is 0 Å². The van der Waals surface area contributed by atoms with Gasteiger partial charge in [0.2, 0.25) is 0 Å². The van der Waals surface area contributed by atoms with Gasteiger partial charge in [0.05, 0.1) is 19.3 Å². The van der Waals surface area contributed by atoms with Gasteiger partial charge in [-0.2, -0.15) is 0 Å². The summed E-state index contributed by atoms with van der Waals surface area (Å²) in [5.74, 6) is 0. The lowest BCUT2D eigenvalue weighted by Gasteiger charge is -2.41. The van der Waals surface area contributed by atoms with Crippen LogP contribution in [0.25, 0.3) is 0 Å². The molecule has 0 amide bonds. The van der Waals surface area contributed by atoms with E-state index in [1.807, 2.05) is 0 Å². The summed E-state index contributed by atoms with van der Waals surface area (Å²) < 4.78 is 15.8. The van der Waals surface area contributed by atoms with E-state index in [2.05, 4.69) is 84.3 Å². The first-order valence-electron chi connectivity index (χ1n) is 13.2. The molecule has 0 bridgehead atoms. The number of hydrogen-bond donors (Lipinski definition) is 0. The van der Waals surface area contributed by atoms with Crippen LogP contribution >= 0.6 is 8.53 Å². The monoisotopic (exact) mass is 483 g/mol. The highest BCUT2D eigenvalue weighted by molar-refractivity contribution is 7.44. The number of benzene rings is 2. The lowest BCUT2D eigenvalue weighted by molar-refractivity contribution is 0.172. The van der Waals surface area contributed by atoms with Crippen LogP contribution in [0.1, 0.15) is 103 Å². The van der Waals surface area contributed by atoms with Crippen LogP contribution in [0.15, 0.2) is 24.3 Å². The van der Waals surface area contributed by atoms with E-state index in [9.17, 15) is 0 Å². The maximum absolute atomic E-state index is 6.60. The van der Waals surface area contributed by atoms with E-state index in [1.54, 1.807) is 0 Å². The Balaban J connectivity index is 2.18. The van der Waals surface area contributed by atoms with Crippen molar-refractivity contribution < 1.29 is 9.05 Å². The second-order valence-corrected chi connectivity index (χ2v) is 12.0. The van der Waals surface area contributed by atoms with Gasteiger partial charge in [-0.3, -0.25) is 0 Å². The summed E-state index contributed by atoms with van der Waals surface area (Å²) in [6.45, 7) is 19.6. The van der Waals surface area contributed by atoms with Gasteiger partial charge in [-0.25, -0.2) is 4.67 Å². The molecule has 0 N–H and O–H groups in total. The highest BCUT2D eigenvalue weighted by atomic mass is 31.2. The number of hydrogen-bond acceptors (Lipinski definition) is 3. The fraction of sp³-hybridized carbons (Fsp3) is 0.600. The van der Waals surface area contributed by atoms with Gasteiger partial charge in [0.15, 0.2) is 0 Å². The van der Waals surface area contributed by atoms with Crippen molar-refractivity contribution in [2.45, 2.75) is 106 Å². The Kier molecular flexibility index (Phi) is 10.2. The van der Waals surface area contributed by atoms with Crippen molar-refractivity contribution in [2.75, 3.05) is 13.2 Å². The maximum Gasteiger partial charge on any atom is 0.259 e. The van der Waals surface area contributed by atoms with Gasteiger partial charge in [0.25, 0.3) is 8.53 Å². The Morgan fingerprint density at radius 2 is 0.971 bits per heavy atom. The van der Waals surface area contributed by atoms with Crippen LogP contribution < -0.4 is 0 Å². The van der Waals surface area contributed by atoms with Gasteiger partial charge in [0, 0.05) is 6.04 Å². The first kappa shape index (κ1) is 27.3. The lowest BCUT2D eigenvalue weighted by Crippen LogP contribution is -2.34. The Morgan fingerprint density at radius 1 is 0.618 bits per heavy atom. The van der Waals surface area contributed by atoms with Crippen molar-refractivity contribution in [1.82, 2.24) is 4.67 Å². The van der Waals surface area contributed by atoms with Crippen molar-refractivity contribution in [2.24, 2.45) is 0 Å². The third-order valence-electron chi connectivity index (χ3n) is 6.95. The van der Waals surface area contributed by atoms with Crippen LogP contribution in [0.5, 0.6) is 0 Å². The summed E-state index contributed by atoms with van der Waals surface area (Å²) in [6, 6.07) is 9.70. The van der Waals surface area contributed by atoms with E-state index >= 15 is 0 Å². The lowest BCUT2D eigenvalue weighted by atomic mass is 9.85. The minimum Gasteiger partial charge on any atom is -0.322 e. The van der Waals surface area contributed by atoms with Crippen LogP contribution in [0.4, 0.5) is 0 Å². The Hall–Kier alpha value is -1.25. The molecule has 0 unspecified atom stereocenters. The summed E-state index contributed by atoms with van der Waals surface area (Å²) in [7, 11) is -1.18. The molecule has 3 rings (SSSR count). The molecule has 2 aromatic carbocycles. The van der Waals surface area contributed by atoms with Crippen molar-refractivity contribution in [3.05, 3.63) is 68.8 Å². The molecule has 1 saturated heterocycles. The molecule has 2 aromatic rings. The SMILES string of the molecule is Cc1cc(C)c(C(c2c(C)cc(C)cc2C)N(C(C)C)P2OCCCCCCCCO2)c(C)c1. The largest absolute Gasteiger partial charge is 0.322 e. The molecule has 0 spiro atoms. The molecule has 34 heavy (non-hydrogen) atoms. The average molecular weight is 484 g/mol. The fourth-order valence-corrected chi connectivity index (χ4v) is 7.31. The number of aryl methyl sites for hydroxylation is 6. The predicted octanol–water partition coefficient (Wildman–Crippen LogP) is 8.95. The second kappa shape index (κ2) is 12.6. The van der Waals surface area contributed by atoms with Gasteiger partial charge >= 0.3 is 0 Å². The average Bonchev–Trinajstić information content (AvgIpc) is 2.78. The molecule has 0 radical (unpaired) electrons. The summed E-state index contributed by atoms with van der Waals surface area (Å²) in [5.41, 5.74) is 10.8. The fourth-order valence-electron chi connectivity index (χ4n) is 5.60. The molecular formula is C30H46NO2P. The molecule has 0 atom stereocenters. The molecule has 1 aliphatic rings. The van der Waals surface area contributed by atoms with Crippen molar-refractivity contribution >= 4 is 8.53 Å². The van der Waals surface area contributed by atoms with E-state index in [4.69, 9.17) is 9.05 Å². The third kappa shape index (κ3) is 6.70. The zero-order valence-electron chi connectivity index (χ0n) is 22.8. The number of nitrogens with zero attached hydrogens (tertiary/aromatic N) is 1. The van der Waals surface area contributed by atoms with Crippen LogP contribution in [-0.2, 0) is 9.05 Å². The Bertz CT molecular complexity index is 839. The summed E-state index contributed by atoms with van der Waals surface area (Å²) in [5, 5.41) is 0. The highest BCUT2D eigenvalue weighted by Gasteiger charge is 2.37. The maximum atomic E-state index is 6.60. The Labute approximate surface area is 210 Å². The third-order valence-corrected chi connectivity index (χ3v) is 8.82. The summed E-state index contributed by atoms with van der Waals surface area (Å²) in [4.78, 5) is 0. The molecule has 3 nitrogen and oxygen atoms in total. The van der Waals surface area contributed by atoms with Gasteiger partial charge in [-0.1, -0.05) is 61.1 Å². The molecule has 1 fully saturated rings. The van der Waals surface area contributed by atoms with Crippen LogP contribution in [0, 0.1) is 41.5 Å². The van der Waals surface area contributed by atoms with E-state index in [-0.39, 0.29) is 12.1 Å². The van der Waals surface area contributed by atoms with E-state index in [1.165, 1.54) is 70.2 Å². The number of rotatable bonds is 5. The first-order chi connectivity index (χ1) is 16.2. The van der Waals surface area contributed by atoms with Crippen molar-refractivity contribution in [1.29, 1.82) is 0 Å². The van der Waals surface area contributed by atoms with Crippen LogP contribution in [0.2, 0.25) is 0 Å². The topological polar surface area (TPSA) is 21.7 Å².